The molecule has 144 valence electrons. The second-order valence-corrected chi connectivity index (χ2v) is 5.93. The van der Waals surface area contributed by atoms with Gasteiger partial charge in [0.05, 0.1) is 0 Å². The monoisotopic (exact) mass is 353 g/mol. The molecular weight excluding hydrogens is 318 g/mol. The van der Waals surface area contributed by atoms with Gasteiger partial charge in [0.15, 0.2) is 0 Å². The van der Waals surface area contributed by atoms with E-state index in [9.17, 15) is 9.59 Å². The number of nitrogens with one attached hydrogen (secondary N) is 3. The zero-order valence-electron chi connectivity index (χ0n) is 16.4. The highest BCUT2D eigenvalue weighted by atomic mass is 16.2. The fourth-order valence-electron chi connectivity index (χ4n) is 2.24. The molecule has 0 saturated heterocycles. The van der Waals surface area contributed by atoms with Crippen LogP contribution in [0.15, 0.2) is 10.9 Å². The summed E-state index contributed by atoms with van der Waals surface area (Å²) in [5, 5.41) is 13.4. The summed E-state index contributed by atoms with van der Waals surface area (Å²) in [5.41, 5.74) is 1.13. The number of hydrogen-bond donors (Lipinski definition) is 3. The van der Waals surface area contributed by atoms with E-state index in [4.69, 9.17) is 5.41 Å². The van der Waals surface area contributed by atoms with Gasteiger partial charge < -0.3 is 15.2 Å². The number of aryl methyl sites for hydroxylation is 1. The number of amides is 2. The Hall–Kier alpha value is -2.05. The molecule has 25 heavy (non-hydrogen) atoms. The van der Waals surface area contributed by atoms with E-state index in [2.05, 4.69) is 17.6 Å². The first kappa shape index (κ1) is 22.9. The molecule has 0 saturated carbocycles. The van der Waals surface area contributed by atoms with Crippen LogP contribution in [0.25, 0.3) is 0 Å². The van der Waals surface area contributed by atoms with Gasteiger partial charge in [-0.2, -0.15) is 0 Å². The van der Waals surface area contributed by atoms with Gasteiger partial charge in [0.1, 0.15) is 0 Å². The van der Waals surface area contributed by atoms with E-state index >= 15 is 0 Å². The predicted molar refractivity (Wildman–Crippen MR) is 102 cm³/mol. The Bertz CT molecular complexity index is 609. The van der Waals surface area contributed by atoms with Crippen LogP contribution in [0.1, 0.15) is 59.1 Å². The molecule has 0 atom stereocenters. The van der Waals surface area contributed by atoms with Gasteiger partial charge in [0.2, 0.25) is 5.62 Å². The number of carbonyl (C=O) groups is 1. The lowest BCUT2D eigenvalue weighted by atomic mass is 10.3. The average molecular weight is 354 g/mol. The lowest BCUT2D eigenvalue weighted by molar-refractivity contribution is 0.241. The molecule has 1 aromatic heterocycles. The molecular formula is C18H35N5O2. The standard InChI is InChI=1S/C11H19N3O.C7H16N2O/c1-4-6-13-9(3)8-10(15)14(7-5-2)11(13)12;1-3-5-8-7(10)9-6-4-2/h8,12H,4-7H2,1-3H3;3-6H2,1-2H3,(H2,8,9,10). The van der Waals surface area contributed by atoms with Gasteiger partial charge in [-0.15, -0.1) is 0 Å². The molecule has 7 heteroatoms. The maximum atomic E-state index is 11.6. The van der Waals surface area contributed by atoms with Crippen LogP contribution in [-0.2, 0) is 13.1 Å². The van der Waals surface area contributed by atoms with Gasteiger partial charge in [-0.3, -0.25) is 14.8 Å². The van der Waals surface area contributed by atoms with Crippen LogP contribution in [0.5, 0.6) is 0 Å². The van der Waals surface area contributed by atoms with Crippen LogP contribution in [-0.4, -0.2) is 28.3 Å². The van der Waals surface area contributed by atoms with Crippen molar-refractivity contribution in [3.05, 3.63) is 27.7 Å². The topological polar surface area (TPSA) is 91.9 Å². The normalized spacial score (nSPS) is 9.96. The van der Waals surface area contributed by atoms with Crippen LogP contribution >= 0.6 is 0 Å². The zero-order valence-corrected chi connectivity index (χ0v) is 16.4. The minimum Gasteiger partial charge on any atom is -0.338 e. The van der Waals surface area contributed by atoms with Crippen molar-refractivity contribution in [1.29, 1.82) is 5.41 Å². The molecule has 0 unspecified atom stereocenters. The Balaban J connectivity index is 0.000000504. The van der Waals surface area contributed by atoms with E-state index in [-0.39, 0.29) is 11.6 Å². The summed E-state index contributed by atoms with van der Waals surface area (Å²) in [7, 11) is 0. The van der Waals surface area contributed by atoms with E-state index in [1.807, 2.05) is 32.3 Å². The average Bonchev–Trinajstić information content (AvgIpc) is 2.59. The number of hydrogen-bond acceptors (Lipinski definition) is 3. The first-order valence-electron chi connectivity index (χ1n) is 9.30. The molecule has 2 amide bonds. The maximum Gasteiger partial charge on any atom is 0.314 e. The van der Waals surface area contributed by atoms with Crippen LogP contribution in [0.3, 0.4) is 0 Å². The summed E-state index contributed by atoms with van der Waals surface area (Å²) in [6, 6.07) is 1.56. The summed E-state index contributed by atoms with van der Waals surface area (Å²) in [5.74, 6) is 0. The number of aromatic nitrogens is 2. The highest BCUT2D eigenvalue weighted by Gasteiger charge is 2.04. The third-order valence-electron chi connectivity index (χ3n) is 3.50. The lowest BCUT2D eigenvalue weighted by Gasteiger charge is -2.13. The zero-order chi connectivity index (χ0) is 19.2. The molecule has 0 aromatic carbocycles. The molecule has 0 spiro atoms. The predicted octanol–water partition coefficient (Wildman–Crippen LogP) is 2.36. The minimum atomic E-state index is -0.0632. The highest BCUT2D eigenvalue weighted by molar-refractivity contribution is 5.73. The minimum absolute atomic E-state index is 0.0521. The number of carbonyl (C=O) groups excluding carboxylic acids is 1. The summed E-state index contributed by atoms with van der Waals surface area (Å²) in [6.07, 6.45) is 3.82. The van der Waals surface area contributed by atoms with Gasteiger partial charge in [-0.1, -0.05) is 27.7 Å². The second-order valence-electron chi connectivity index (χ2n) is 5.93. The molecule has 0 aliphatic heterocycles. The Kier molecular flexibility index (Phi) is 12.2. The molecule has 3 N–H and O–H groups in total. The summed E-state index contributed by atoms with van der Waals surface area (Å²) in [4.78, 5) is 22.4. The van der Waals surface area contributed by atoms with Crippen molar-refractivity contribution in [2.45, 2.75) is 73.4 Å². The SMILES string of the molecule is CCCNC(=O)NCCC.CCCn1c(C)cc(=O)n(CCC)c1=N. The maximum absolute atomic E-state index is 11.6. The second kappa shape index (κ2) is 13.3. The van der Waals surface area contributed by atoms with E-state index in [1.54, 1.807) is 6.07 Å². The summed E-state index contributed by atoms with van der Waals surface area (Å²) >= 11 is 0. The fourth-order valence-corrected chi connectivity index (χ4v) is 2.24. The lowest BCUT2D eigenvalue weighted by Crippen LogP contribution is -2.40. The van der Waals surface area contributed by atoms with Gasteiger partial charge >= 0.3 is 6.03 Å². The van der Waals surface area contributed by atoms with Crippen molar-refractivity contribution in [2.75, 3.05) is 13.1 Å². The van der Waals surface area contributed by atoms with Crippen molar-refractivity contribution in [2.24, 2.45) is 0 Å². The van der Waals surface area contributed by atoms with Crippen LogP contribution in [0.2, 0.25) is 0 Å². The first-order chi connectivity index (χ1) is 11.9. The molecule has 0 fully saturated rings. The molecule has 1 heterocycles. The third-order valence-corrected chi connectivity index (χ3v) is 3.50. The molecule has 0 bridgehead atoms. The Morgan fingerprint density at radius 1 is 0.960 bits per heavy atom. The molecule has 7 nitrogen and oxygen atoms in total. The van der Waals surface area contributed by atoms with Crippen LogP contribution in [0, 0.1) is 12.3 Å². The van der Waals surface area contributed by atoms with Crippen molar-refractivity contribution < 1.29 is 4.79 Å². The van der Waals surface area contributed by atoms with E-state index < -0.39 is 0 Å². The van der Waals surface area contributed by atoms with Crippen LogP contribution < -0.4 is 21.8 Å². The van der Waals surface area contributed by atoms with Crippen molar-refractivity contribution >= 4 is 6.03 Å². The first-order valence-corrected chi connectivity index (χ1v) is 9.30. The molecule has 1 rings (SSSR count). The molecule has 0 aliphatic rings. The van der Waals surface area contributed by atoms with Gasteiger partial charge in [0, 0.05) is 37.9 Å². The van der Waals surface area contributed by atoms with Crippen molar-refractivity contribution in [1.82, 2.24) is 19.8 Å². The summed E-state index contributed by atoms with van der Waals surface area (Å²) < 4.78 is 3.42. The molecule has 0 radical (unpaired) electrons. The Morgan fingerprint density at radius 2 is 1.44 bits per heavy atom. The van der Waals surface area contributed by atoms with Crippen molar-refractivity contribution in [3.8, 4) is 0 Å². The third kappa shape index (κ3) is 8.56. The Labute approximate surface area is 151 Å². The summed E-state index contributed by atoms with van der Waals surface area (Å²) in [6.45, 7) is 13.0. The Morgan fingerprint density at radius 3 is 1.88 bits per heavy atom. The van der Waals surface area contributed by atoms with Gasteiger partial charge in [-0.05, 0) is 32.6 Å². The van der Waals surface area contributed by atoms with Crippen LogP contribution in [0.4, 0.5) is 4.79 Å². The van der Waals surface area contributed by atoms with E-state index in [0.29, 0.717) is 12.2 Å². The van der Waals surface area contributed by atoms with E-state index in [0.717, 1.165) is 51.0 Å². The number of urea groups is 1. The largest absolute Gasteiger partial charge is 0.338 e. The quantitative estimate of drug-likeness (QED) is 0.669. The smallest absolute Gasteiger partial charge is 0.314 e. The fraction of sp³-hybridized carbons (Fsp3) is 0.722. The number of rotatable bonds is 8. The van der Waals surface area contributed by atoms with Gasteiger partial charge in [0.25, 0.3) is 5.56 Å². The van der Waals surface area contributed by atoms with Gasteiger partial charge in [-0.25, -0.2) is 4.79 Å². The molecule has 0 aliphatic carbocycles. The highest BCUT2D eigenvalue weighted by Crippen LogP contribution is 1.93. The number of nitrogens with zero attached hydrogens (tertiary/aromatic N) is 2. The van der Waals surface area contributed by atoms with Crippen molar-refractivity contribution in [3.63, 3.8) is 0 Å². The van der Waals surface area contributed by atoms with E-state index in [1.165, 1.54) is 4.57 Å². The molecule has 1 aromatic rings.